The normalized spacial score (nSPS) is 16.3. The van der Waals surface area contributed by atoms with Gasteiger partial charge in [0.15, 0.2) is 0 Å². The number of aryl methyl sites for hydroxylation is 1. The van der Waals surface area contributed by atoms with Crippen LogP contribution in [0.4, 0.5) is 11.4 Å². The Morgan fingerprint density at radius 1 is 0.815 bits per heavy atom. The quantitative estimate of drug-likeness (QED) is 0.149. The lowest BCUT2D eigenvalue weighted by Gasteiger charge is -2.20. The van der Waals surface area contributed by atoms with Crippen molar-refractivity contribution >= 4 is 57.4 Å². The molecule has 0 amide bonds. The highest BCUT2D eigenvalue weighted by atomic mass is 14.9. The number of nitrogens with one attached hydrogen (secondary N) is 1. The van der Waals surface area contributed by atoms with Crippen molar-refractivity contribution in [3.8, 4) is 22.5 Å². The van der Waals surface area contributed by atoms with E-state index in [2.05, 4.69) is 131 Å². The van der Waals surface area contributed by atoms with Crippen LogP contribution in [0.3, 0.4) is 0 Å². The molecule has 6 heteroatoms. The van der Waals surface area contributed by atoms with E-state index in [1.54, 1.807) is 7.05 Å². The van der Waals surface area contributed by atoms with Crippen LogP contribution in [0, 0.1) is 6.92 Å². The molecule has 0 spiro atoms. The van der Waals surface area contributed by atoms with E-state index in [0.717, 1.165) is 80.0 Å². The molecule has 0 saturated heterocycles. The number of nitrogens with zero attached hydrogens (tertiary/aromatic N) is 5. The Labute approximate surface area is 321 Å². The average molecular weight is 713 g/mol. The van der Waals surface area contributed by atoms with Gasteiger partial charge in [-0.2, -0.15) is 0 Å². The molecular weight excluding hydrogens is 661 g/mol. The third-order valence-electron chi connectivity index (χ3n) is 9.14. The van der Waals surface area contributed by atoms with Gasteiger partial charge >= 0.3 is 0 Å². The molecule has 1 unspecified atom stereocenters. The molecule has 1 aliphatic carbocycles. The number of hydrogen-bond donors (Lipinski definition) is 1. The fourth-order valence-corrected chi connectivity index (χ4v) is 6.56. The number of allylic oxidation sites excluding steroid dienone is 5. The number of fused-ring (bicyclic) bond motifs is 3. The van der Waals surface area contributed by atoms with Gasteiger partial charge in [0.05, 0.1) is 45.6 Å². The standard InChI is InChI=1S/C33H28N4.C11H12N2.2C2H6/c1-4-6-27-14-9-25-19-23(11-15-28(25)35-27)24-12-16-29-26(20-24)13-18-30(36-29)31-17-10-22-8-7-21(3)32(34-5-2)33(22)37-31;1-8-5-6-9-4-3-7-13-11(9)10(8)12-2;2*1-2/h4-20,27,35H,1-3H3;5-7H,1,3-4H2,2H3;2*1-2H3/b6-4+,34-5?;;;. The highest BCUT2D eigenvalue weighted by molar-refractivity contribution is 6.16. The third-order valence-corrected chi connectivity index (χ3v) is 9.14. The molecule has 2 aromatic heterocycles. The van der Waals surface area contributed by atoms with E-state index in [1.165, 1.54) is 22.3 Å². The minimum atomic E-state index is 0.247. The fraction of sp³-hybridized carbons (Fsp3) is 0.229. The maximum Gasteiger partial charge on any atom is 0.0969 e. The molecular formula is C48H52N6. The molecule has 0 saturated carbocycles. The molecule has 8 rings (SSSR count). The van der Waals surface area contributed by atoms with Gasteiger partial charge in [-0.15, -0.1) is 0 Å². The van der Waals surface area contributed by atoms with E-state index >= 15 is 0 Å². The summed E-state index contributed by atoms with van der Waals surface area (Å²) in [5.41, 5.74) is 14.5. The molecule has 0 radical (unpaired) electrons. The van der Waals surface area contributed by atoms with Gasteiger partial charge in [-0.1, -0.05) is 107 Å². The highest BCUT2D eigenvalue weighted by Gasteiger charge is 2.18. The average Bonchev–Trinajstić information content (AvgIpc) is 3.23. The summed E-state index contributed by atoms with van der Waals surface area (Å²) in [6.45, 7) is 18.0. The summed E-state index contributed by atoms with van der Waals surface area (Å²) in [5.74, 6) is 0. The Hall–Kier alpha value is -6.01. The Morgan fingerprint density at radius 2 is 1.54 bits per heavy atom. The number of rotatable bonds is 4. The summed E-state index contributed by atoms with van der Waals surface area (Å²) in [5, 5.41) is 5.74. The van der Waals surface area contributed by atoms with E-state index in [-0.39, 0.29) is 6.04 Å². The molecule has 6 nitrogen and oxygen atoms in total. The van der Waals surface area contributed by atoms with Crippen LogP contribution in [-0.2, 0) is 0 Å². The number of anilines is 1. The van der Waals surface area contributed by atoms with Gasteiger partial charge in [0, 0.05) is 35.9 Å². The van der Waals surface area contributed by atoms with E-state index in [9.17, 15) is 0 Å². The smallest absolute Gasteiger partial charge is 0.0969 e. The Kier molecular flexibility index (Phi) is 13.5. The number of hydrogen-bond acceptors (Lipinski definition) is 6. The van der Waals surface area contributed by atoms with Gasteiger partial charge in [0.1, 0.15) is 0 Å². The zero-order chi connectivity index (χ0) is 38.6. The predicted molar refractivity (Wildman–Crippen MR) is 237 cm³/mol. The molecule has 0 bridgehead atoms. The highest BCUT2D eigenvalue weighted by Crippen LogP contribution is 2.33. The van der Waals surface area contributed by atoms with Crippen LogP contribution < -0.4 is 5.32 Å². The second-order valence-corrected chi connectivity index (χ2v) is 12.5. The van der Waals surface area contributed by atoms with Crippen molar-refractivity contribution in [1.82, 2.24) is 9.97 Å². The summed E-state index contributed by atoms with van der Waals surface area (Å²) >= 11 is 0. The molecule has 2 aliphatic heterocycles. The molecule has 3 aliphatic rings. The first-order chi connectivity index (χ1) is 26.4. The van der Waals surface area contributed by atoms with Crippen molar-refractivity contribution < 1.29 is 0 Å². The first-order valence-electron chi connectivity index (χ1n) is 19.1. The number of aromatic nitrogens is 2. The SMILES string of the molecule is C=C1C=CC2=C(N=CCC2)C1=NC.CC.CC.CC=Nc1c(C)ccc2ccc(-c3ccc4cc(-c5ccc6c(c5)C=CC(/C=C/C)N6)ccc4n3)nc12. The topological polar surface area (TPSA) is 74.9 Å². The monoisotopic (exact) mass is 712 g/mol. The first kappa shape index (κ1) is 39.2. The van der Waals surface area contributed by atoms with Gasteiger partial charge < -0.3 is 5.32 Å². The second-order valence-electron chi connectivity index (χ2n) is 12.5. The zero-order valence-electron chi connectivity index (χ0n) is 33.0. The van der Waals surface area contributed by atoms with Gasteiger partial charge in [0.25, 0.3) is 0 Å². The lowest BCUT2D eigenvalue weighted by molar-refractivity contribution is 1.01. The summed E-state index contributed by atoms with van der Waals surface area (Å²) in [7, 11) is 1.79. The van der Waals surface area contributed by atoms with E-state index < -0.39 is 0 Å². The molecule has 1 atom stereocenters. The predicted octanol–water partition coefficient (Wildman–Crippen LogP) is 12.9. The Morgan fingerprint density at radius 3 is 2.30 bits per heavy atom. The van der Waals surface area contributed by atoms with Crippen LogP contribution in [0.1, 0.15) is 65.5 Å². The van der Waals surface area contributed by atoms with Crippen molar-refractivity contribution in [3.05, 3.63) is 138 Å². The molecule has 4 heterocycles. The lowest BCUT2D eigenvalue weighted by Crippen LogP contribution is -2.17. The zero-order valence-corrected chi connectivity index (χ0v) is 33.0. The minimum Gasteiger partial charge on any atom is -0.375 e. The van der Waals surface area contributed by atoms with Crippen LogP contribution in [0.5, 0.6) is 0 Å². The van der Waals surface area contributed by atoms with Crippen molar-refractivity contribution in [1.29, 1.82) is 0 Å². The lowest BCUT2D eigenvalue weighted by atomic mass is 9.93. The van der Waals surface area contributed by atoms with Crippen LogP contribution in [0.15, 0.2) is 142 Å². The molecule has 1 N–H and O–H groups in total. The van der Waals surface area contributed by atoms with Gasteiger partial charge in [-0.3, -0.25) is 15.0 Å². The van der Waals surface area contributed by atoms with E-state index in [0.29, 0.717) is 0 Å². The number of pyridine rings is 2. The molecule has 0 fully saturated rings. The number of benzene rings is 3. The second kappa shape index (κ2) is 18.7. The van der Waals surface area contributed by atoms with Crippen molar-refractivity contribution in [3.63, 3.8) is 0 Å². The third kappa shape index (κ3) is 8.61. The first-order valence-corrected chi connectivity index (χ1v) is 19.1. The van der Waals surface area contributed by atoms with E-state index in [1.807, 2.05) is 66.1 Å². The van der Waals surface area contributed by atoms with Gasteiger partial charge in [-0.05, 0) is 103 Å². The summed E-state index contributed by atoms with van der Waals surface area (Å²) in [6.07, 6.45) is 18.6. The van der Waals surface area contributed by atoms with Crippen LogP contribution in [0.25, 0.3) is 50.4 Å². The summed E-state index contributed by atoms with van der Waals surface area (Å²) in [4.78, 5) is 23.1. The van der Waals surface area contributed by atoms with Crippen molar-refractivity contribution in [2.75, 3.05) is 12.4 Å². The maximum absolute atomic E-state index is 4.96. The summed E-state index contributed by atoms with van der Waals surface area (Å²) < 4.78 is 0. The molecule has 5 aromatic rings. The van der Waals surface area contributed by atoms with E-state index in [4.69, 9.17) is 9.97 Å². The molecule has 3 aromatic carbocycles. The number of aliphatic imine (C=N–C) groups is 3. The van der Waals surface area contributed by atoms with Crippen LogP contribution in [0.2, 0.25) is 0 Å². The van der Waals surface area contributed by atoms with Crippen LogP contribution >= 0.6 is 0 Å². The molecule has 54 heavy (non-hydrogen) atoms. The molecule has 274 valence electrons. The minimum absolute atomic E-state index is 0.247. The Balaban J connectivity index is 0.000000276. The van der Waals surface area contributed by atoms with Crippen molar-refractivity contribution in [2.45, 2.75) is 67.3 Å². The van der Waals surface area contributed by atoms with Crippen LogP contribution in [-0.4, -0.2) is 41.2 Å². The fourth-order valence-electron chi connectivity index (χ4n) is 6.56. The van der Waals surface area contributed by atoms with Gasteiger partial charge in [0.2, 0.25) is 0 Å². The summed E-state index contributed by atoms with van der Waals surface area (Å²) in [6, 6.07) is 25.8. The van der Waals surface area contributed by atoms with Crippen molar-refractivity contribution in [2.24, 2.45) is 15.0 Å². The maximum atomic E-state index is 4.96. The Bertz CT molecular complexity index is 2370. The largest absolute Gasteiger partial charge is 0.375 e. The van der Waals surface area contributed by atoms with Gasteiger partial charge in [-0.25, -0.2) is 9.97 Å².